The first-order chi connectivity index (χ1) is 12.6. The summed E-state index contributed by atoms with van der Waals surface area (Å²) in [6.45, 7) is 2.07. The van der Waals surface area contributed by atoms with Gasteiger partial charge in [0.15, 0.2) is 5.82 Å². The van der Waals surface area contributed by atoms with Gasteiger partial charge in [0.1, 0.15) is 5.82 Å². The van der Waals surface area contributed by atoms with Crippen molar-refractivity contribution in [3.8, 4) is 11.1 Å². The Morgan fingerprint density at radius 2 is 1.88 bits per heavy atom. The van der Waals surface area contributed by atoms with Crippen LogP contribution in [0.1, 0.15) is 15.9 Å². The van der Waals surface area contributed by atoms with Gasteiger partial charge in [-0.15, -0.1) is 0 Å². The lowest BCUT2D eigenvalue weighted by Crippen LogP contribution is -2.12. The van der Waals surface area contributed by atoms with Crippen molar-refractivity contribution in [3.05, 3.63) is 83.7 Å². The molecule has 2 N–H and O–H groups in total. The molecule has 4 nitrogen and oxygen atoms in total. The number of benzene rings is 3. The minimum Gasteiger partial charge on any atom is -0.305 e. The third kappa shape index (κ3) is 2.95. The second-order valence-electron chi connectivity index (χ2n) is 6.11. The zero-order valence-corrected chi connectivity index (χ0v) is 14.1. The number of carbonyl (C=O) groups is 1. The number of amides is 1. The van der Waals surface area contributed by atoms with E-state index < -0.39 is 11.7 Å². The van der Waals surface area contributed by atoms with E-state index in [-0.39, 0.29) is 5.56 Å². The molecule has 0 fully saturated rings. The van der Waals surface area contributed by atoms with Gasteiger partial charge in [0.25, 0.3) is 5.91 Å². The maximum atomic E-state index is 13.3. The summed E-state index contributed by atoms with van der Waals surface area (Å²) in [6.07, 6.45) is 0. The Morgan fingerprint density at radius 1 is 1.04 bits per heavy atom. The van der Waals surface area contributed by atoms with Gasteiger partial charge in [-0.1, -0.05) is 36.4 Å². The molecule has 0 bridgehead atoms. The smallest absolute Gasteiger partial charge is 0.256 e. The highest BCUT2D eigenvalue weighted by Gasteiger charge is 2.13. The van der Waals surface area contributed by atoms with Crippen LogP contribution in [0.2, 0.25) is 0 Å². The van der Waals surface area contributed by atoms with Crippen LogP contribution in [-0.2, 0) is 0 Å². The van der Waals surface area contributed by atoms with Gasteiger partial charge >= 0.3 is 0 Å². The summed E-state index contributed by atoms with van der Waals surface area (Å²) in [4.78, 5) is 12.3. The molecule has 0 spiro atoms. The Morgan fingerprint density at radius 3 is 2.69 bits per heavy atom. The predicted molar refractivity (Wildman–Crippen MR) is 101 cm³/mol. The zero-order chi connectivity index (χ0) is 18.1. The lowest BCUT2D eigenvalue weighted by Gasteiger charge is -2.06. The van der Waals surface area contributed by atoms with Crippen molar-refractivity contribution in [2.24, 2.45) is 0 Å². The van der Waals surface area contributed by atoms with Crippen molar-refractivity contribution in [1.29, 1.82) is 0 Å². The standard InChI is InChI=1S/C21H16FN3O/c1-13-5-2-3-8-17(13)14-9-10-18-19(12-14)24-25-20(18)23-21(26)15-6-4-7-16(22)11-15/h2-12H,1H3,(H2,23,24,25,26). The summed E-state index contributed by atoms with van der Waals surface area (Å²) in [5.74, 6) is -0.432. The second-order valence-corrected chi connectivity index (χ2v) is 6.11. The van der Waals surface area contributed by atoms with E-state index in [4.69, 9.17) is 0 Å². The van der Waals surface area contributed by atoms with Gasteiger partial charge in [0.05, 0.1) is 5.52 Å². The fourth-order valence-corrected chi connectivity index (χ4v) is 2.99. The summed E-state index contributed by atoms with van der Waals surface area (Å²) < 4.78 is 13.3. The number of hydrogen-bond acceptors (Lipinski definition) is 2. The highest BCUT2D eigenvalue weighted by atomic mass is 19.1. The number of fused-ring (bicyclic) bond motifs is 1. The number of nitrogens with zero attached hydrogens (tertiary/aromatic N) is 1. The molecule has 26 heavy (non-hydrogen) atoms. The normalized spacial score (nSPS) is 10.8. The van der Waals surface area contributed by atoms with Crippen LogP contribution in [-0.4, -0.2) is 16.1 Å². The highest BCUT2D eigenvalue weighted by molar-refractivity contribution is 6.08. The molecule has 0 saturated heterocycles. The Balaban J connectivity index is 1.66. The summed E-state index contributed by atoms with van der Waals surface area (Å²) in [5, 5.41) is 10.7. The molecule has 0 aliphatic rings. The molecule has 1 amide bonds. The summed E-state index contributed by atoms with van der Waals surface area (Å²) in [7, 11) is 0. The molecule has 0 aliphatic carbocycles. The fraction of sp³-hybridized carbons (Fsp3) is 0.0476. The van der Waals surface area contributed by atoms with E-state index >= 15 is 0 Å². The fourth-order valence-electron chi connectivity index (χ4n) is 2.99. The van der Waals surface area contributed by atoms with Crippen LogP contribution in [0.4, 0.5) is 10.2 Å². The molecule has 128 valence electrons. The number of carbonyl (C=O) groups excluding carboxylic acids is 1. The van der Waals surface area contributed by atoms with Crippen LogP contribution in [0.5, 0.6) is 0 Å². The summed E-state index contributed by atoms with van der Waals surface area (Å²) in [6, 6.07) is 19.6. The van der Waals surface area contributed by atoms with Crippen molar-refractivity contribution in [2.75, 3.05) is 5.32 Å². The Bertz CT molecular complexity index is 1120. The van der Waals surface area contributed by atoms with Crippen molar-refractivity contribution in [3.63, 3.8) is 0 Å². The number of aromatic nitrogens is 2. The van der Waals surface area contributed by atoms with Crippen LogP contribution in [0.3, 0.4) is 0 Å². The minimum atomic E-state index is -0.451. The quantitative estimate of drug-likeness (QED) is 0.553. The molecule has 0 unspecified atom stereocenters. The van der Waals surface area contributed by atoms with Gasteiger partial charge < -0.3 is 5.32 Å². The number of hydrogen-bond donors (Lipinski definition) is 2. The minimum absolute atomic E-state index is 0.248. The van der Waals surface area contributed by atoms with Gasteiger partial charge in [-0.05, 0) is 53.9 Å². The van der Waals surface area contributed by atoms with E-state index in [1.54, 1.807) is 6.07 Å². The molecular formula is C21H16FN3O. The molecular weight excluding hydrogens is 329 g/mol. The van der Waals surface area contributed by atoms with Crippen LogP contribution >= 0.6 is 0 Å². The lowest BCUT2D eigenvalue weighted by atomic mass is 10.00. The van der Waals surface area contributed by atoms with E-state index in [0.717, 1.165) is 22.0 Å². The number of rotatable bonds is 3. The molecule has 1 aromatic heterocycles. The first kappa shape index (κ1) is 16.0. The van der Waals surface area contributed by atoms with E-state index in [2.05, 4.69) is 34.6 Å². The number of anilines is 1. The van der Waals surface area contributed by atoms with Gasteiger partial charge in [-0.2, -0.15) is 5.10 Å². The van der Waals surface area contributed by atoms with Crippen molar-refractivity contribution >= 4 is 22.6 Å². The maximum Gasteiger partial charge on any atom is 0.256 e. The first-order valence-corrected chi connectivity index (χ1v) is 8.23. The first-order valence-electron chi connectivity index (χ1n) is 8.23. The predicted octanol–water partition coefficient (Wildman–Crippen LogP) is 4.93. The number of nitrogens with one attached hydrogen (secondary N) is 2. The Hall–Kier alpha value is -3.47. The molecule has 0 atom stereocenters. The van der Waals surface area contributed by atoms with Crippen LogP contribution < -0.4 is 5.32 Å². The average Bonchev–Trinajstić information content (AvgIpc) is 3.04. The van der Waals surface area contributed by atoms with Crippen molar-refractivity contribution < 1.29 is 9.18 Å². The van der Waals surface area contributed by atoms with Crippen LogP contribution in [0.15, 0.2) is 66.7 Å². The van der Waals surface area contributed by atoms with E-state index in [1.165, 1.54) is 23.8 Å². The maximum absolute atomic E-state index is 13.3. The SMILES string of the molecule is Cc1ccccc1-c1ccc2c(NC(=O)c3cccc(F)c3)n[nH]c2c1. The largest absolute Gasteiger partial charge is 0.305 e. The third-order valence-electron chi connectivity index (χ3n) is 4.34. The second kappa shape index (κ2) is 6.44. The number of halogens is 1. The van der Waals surface area contributed by atoms with Gasteiger partial charge in [0, 0.05) is 10.9 Å². The molecule has 4 rings (SSSR count). The molecule has 4 aromatic rings. The number of aromatic amines is 1. The molecule has 0 saturated carbocycles. The van der Waals surface area contributed by atoms with Crippen LogP contribution in [0, 0.1) is 12.7 Å². The Labute approximate surface area is 149 Å². The van der Waals surface area contributed by atoms with Crippen molar-refractivity contribution in [1.82, 2.24) is 10.2 Å². The molecule has 3 aromatic carbocycles. The average molecular weight is 345 g/mol. The van der Waals surface area contributed by atoms with Gasteiger partial charge in [-0.3, -0.25) is 9.89 Å². The summed E-state index contributed by atoms with van der Waals surface area (Å²) >= 11 is 0. The zero-order valence-electron chi connectivity index (χ0n) is 14.1. The number of H-pyrrole nitrogens is 1. The van der Waals surface area contributed by atoms with Gasteiger partial charge in [0.2, 0.25) is 0 Å². The summed E-state index contributed by atoms with van der Waals surface area (Å²) in [5.41, 5.74) is 4.47. The van der Waals surface area contributed by atoms with E-state index in [1.807, 2.05) is 30.3 Å². The molecule has 0 aliphatic heterocycles. The van der Waals surface area contributed by atoms with E-state index in [0.29, 0.717) is 5.82 Å². The van der Waals surface area contributed by atoms with E-state index in [9.17, 15) is 9.18 Å². The Kier molecular flexibility index (Phi) is 3.97. The van der Waals surface area contributed by atoms with Crippen LogP contribution in [0.25, 0.3) is 22.0 Å². The van der Waals surface area contributed by atoms with Crippen molar-refractivity contribution in [2.45, 2.75) is 6.92 Å². The van der Waals surface area contributed by atoms with Gasteiger partial charge in [-0.25, -0.2) is 4.39 Å². The molecule has 1 heterocycles. The highest BCUT2D eigenvalue weighted by Crippen LogP contribution is 2.29. The number of aryl methyl sites for hydroxylation is 1. The topological polar surface area (TPSA) is 57.8 Å². The monoisotopic (exact) mass is 345 g/mol. The lowest BCUT2D eigenvalue weighted by molar-refractivity contribution is 0.102. The third-order valence-corrected chi connectivity index (χ3v) is 4.34. The molecule has 5 heteroatoms. The molecule has 0 radical (unpaired) electrons.